The van der Waals surface area contributed by atoms with Crippen molar-refractivity contribution < 1.29 is 9.13 Å². The van der Waals surface area contributed by atoms with Crippen LogP contribution in [-0.2, 0) is 5.33 Å². The van der Waals surface area contributed by atoms with Gasteiger partial charge in [0.25, 0.3) is 0 Å². The lowest BCUT2D eigenvalue weighted by molar-refractivity contribution is 0.469. The molecule has 0 unspecified atom stereocenters. The van der Waals surface area contributed by atoms with E-state index in [0.717, 1.165) is 10.0 Å². The van der Waals surface area contributed by atoms with E-state index in [4.69, 9.17) is 16.3 Å². The molecule has 2 aromatic rings. The van der Waals surface area contributed by atoms with E-state index in [2.05, 4.69) is 47.8 Å². The number of hydrogen-bond acceptors (Lipinski definition) is 1. The zero-order valence-electron chi connectivity index (χ0n) is 9.39. The van der Waals surface area contributed by atoms with E-state index in [1.807, 2.05) is 18.2 Å². The van der Waals surface area contributed by atoms with Crippen molar-refractivity contribution in [2.45, 2.75) is 5.33 Å². The fourth-order valence-electron chi connectivity index (χ4n) is 1.43. The van der Waals surface area contributed by atoms with Gasteiger partial charge < -0.3 is 4.74 Å². The van der Waals surface area contributed by atoms with Crippen LogP contribution in [0.5, 0.6) is 11.5 Å². The second-order valence-corrected chi connectivity index (χ2v) is 6.42. The Morgan fingerprint density at radius 1 is 1.11 bits per heavy atom. The number of halogens is 5. The highest BCUT2D eigenvalue weighted by molar-refractivity contribution is 9.10. The zero-order chi connectivity index (χ0) is 14.0. The zero-order valence-corrected chi connectivity index (χ0v) is 14.9. The number of alkyl halides is 1. The van der Waals surface area contributed by atoms with E-state index >= 15 is 0 Å². The van der Waals surface area contributed by atoms with Crippen LogP contribution in [0, 0.1) is 5.82 Å². The molecule has 0 atom stereocenters. The molecule has 0 aliphatic carbocycles. The summed E-state index contributed by atoms with van der Waals surface area (Å²) >= 11 is 15.8. The molecule has 100 valence electrons. The Kier molecular flexibility index (Phi) is 5.29. The van der Waals surface area contributed by atoms with Gasteiger partial charge in [0.15, 0.2) is 0 Å². The summed E-state index contributed by atoms with van der Waals surface area (Å²) < 4.78 is 20.7. The average molecular weight is 473 g/mol. The molecule has 6 heteroatoms. The van der Waals surface area contributed by atoms with Crippen molar-refractivity contribution in [3.05, 3.63) is 55.7 Å². The third-order valence-corrected chi connectivity index (χ3v) is 4.37. The smallest absolute Gasteiger partial charge is 0.145 e. The van der Waals surface area contributed by atoms with Gasteiger partial charge in [-0.2, -0.15) is 0 Å². The Bertz CT molecular complexity index is 619. The summed E-state index contributed by atoms with van der Waals surface area (Å²) in [5.41, 5.74) is 0.963. The molecule has 0 heterocycles. The standard InChI is InChI=1S/C13H7Br3ClFO/c14-6-7-1-2-8(15)3-12(7)19-13-5-11(18)10(17)4-9(13)16/h1-5H,6H2. The van der Waals surface area contributed by atoms with E-state index in [1.165, 1.54) is 12.1 Å². The summed E-state index contributed by atoms with van der Waals surface area (Å²) in [5.74, 6) is 0.506. The van der Waals surface area contributed by atoms with Crippen molar-refractivity contribution in [2.24, 2.45) is 0 Å². The van der Waals surface area contributed by atoms with E-state index in [0.29, 0.717) is 21.3 Å². The maximum Gasteiger partial charge on any atom is 0.145 e. The van der Waals surface area contributed by atoms with Crippen LogP contribution in [0.1, 0.15) is 5.56 Å². The summed E-state index contributed by atoms with van der Waals surface area (Å²) in [7, 11) is 0. The number of benzene rings is 2. The fraction of sp³-hybridized carbons (Fsp3) is 0.0769. The van der Waals surface area contributed by atoms with Crippen molar-refractivity contribution in [3.63, 3.8) is 0 Å². The molecule has 0 spiro atoms. The molecule has 1 nitrogen and oxygen atoms in total. The average Bonchev–Trinajstić information content (AvgIpc) is 2.36. The first-order valence-corrected chi connectivity index (χ1v) is 8.26. The van der Waals surface area contributed by atoms with Crippen LogP contribution >= 0.6 is 59.4 Å². The van der Waals surface area contributed by atoms with Crippen molar-refractivity contribution in [1.29, 1.82) is 0 Å². The minimum Gasteiger partial charge on any atom is -0.456 e. The van der Waals surface area contributed by atoms with Crippen molar-refractivity contribution in [2.75, 3.05) is 0 Å². The summed E-state index contributed by atoms with van der Waals surface area (Å²) in [5, 5.41) is 0.692. The molecule has 0 fully saturated rings. The molecule has 0 radical (unpaired) electrons. The second-order valence-electron chi connectivity index (χ2n) is 3.68. The van der Waals surface area contributed by atoms with E-state index in [9.17, 15) is 4.39 Å². The van der Waals surface area contributed by atoms with Gasteiger partial charge in [-0.1, -0.05) is 49.5 Å². The molecule has 0 amide bonds. The predicted octanol–water partition coefficient (Wildman–Crippen LogP) is 6.69. The molecule has 0 saturated carbocycles. The molecule has 2 rings (SSSR count). The fourth-order valence-corrected chi connectivity index (χ4v) is 2.96. The first-order chi connectivity index (χ1) is 9.01. The highest BCUT2D eigenvalue weighted by atomic mass is 79.9. The lowest BCUT2D eigenvalue weighted by Crippen LogP contribution is -1.92. The van der Waals surface area contributed by atoms with Gasteiger partial charge in [-0.25, -0.2) is 4.39 Å². The van der Waals surface area contributed by atoms with Crippen LogP contribution in [0.15, 0.2) is 39.3 Å². The van der Waals surface area contributed by atoms with Crippen molar-refractivity contribution in [1.82, 2.24) is 0 Å². The minimum atomic E-state index is -0.518. The Labute approximate surface area is 140 Å². The van der Waals surface area contributed by atoms with Crippen LogP contribution in [0.2, 0.25) is 5.02 Å². The lowest BCUT2D eigenvalue weighted by atomic mass is 10.2. The van der Waals surface area contributed by atoms with E-state index in [1.54, 1.807) is 0 Å². The molecule has 0 aliphatic rings. The third kappa shape index (κ3) is 3.72. The van der Waals surface area contributed by atoms with Crippen LogP contribution in [0.25, 0.3) is 0 Å². The molecule has 0 aromatic heterocycles. The van der Waals surface area contributed by atoms with Crippen molar-refractivity contribution >= 4 is 59.4 Å². The maximum absolute atomic E-state index is 13.5. The van der Waals surface area contributed by atoms with Gasteiger partial charge in [0.05, 0.1) is 9.50 Å². The van der Waals surface area contributed by atoms with Crippen LogP contribution in [-0.4, -0.2) is 0 Å². The topological polar surface area (TPSA) is 9.23 Å². The predicted molar refractivity (Wildman–Crippen MR) is 86.0 cm³/mol. The van der Waals surface area contributed by atoms with Crippen LogP contribution in [0.3, 0.4) is 0 Å². The first-order valence-electron chi connectivity index (χ1n) is 5.18. The monoisotopic (exact) mass is 470 g/mol. The highest BCUT2D eigenvalue weighted by Crippen LogP contribution is 2.36. The molecule has 2 aromatic carbocycles. The Hall–Kier alpha value is -0.100. The van der Waals surface area contributed by atoms with E-state index in [-0.39, 0.29) is 5.02 Å². The van der Waals surface area contributed by atoms with Gasteiger partial charge in [-0.05, 0) is 34.1 Å². The molecular weight excluding hydrogens is 466 g/mol. The quantitative estimate of drug-likeness (QED) is 0.357. The number of hydrogen-bond donors (Lipinski definition) is 0. The summed E-state index contributed by atoms with van der Waals surface area (Å²) in [6.07, 6.45) is 0. The van der Waals surface area contributed by atoms with Crippen LogP contribution < -0.4 is 4.74 Å². The summed E-state index contributed by atoms with van der Waals surface area (Å²) in [6.45, 7) is 0. The van der Waals surface area contributed by atoms with Gasteiger partial charge >= 0.3 is 0 Å². The van der Waals surface area contributed by atoms with Gasteiger partial charge in [0.2, 0.25) is 0 Å². The largest absolute Gasteiger partial charge is 0.456 e. The minimum absolute atomic E-state index is 0.0502. The second kappa shape index (κ2) is 6.57. The molecule has 0 N–H and O–H groups in total. The summed E-state index contributed by atoms with van der Waals surface area (Å²) in [4.78, 5) is 0. The van der Waals surface area contributed by atoms with Gasteiger partial charge in [0, 0.05) is 21.4 Å². The highest BCUT2D eigenvalue weighted by Gasteiger charge is 2.11. The molecule has 0 aliphatic heterocycles. The van der Waals surface area contributed by atoms with Gasteiger partial charge in [-0.3, -0.25) is 0 Å². The molecule has 19 heavy (non-hydrogen) atoms. The maximum atomic E-state index is 13.5. The SMILES string of the molecule is Fc1cc(Oc2cc(Br)ccc2CBr)c(Br)cc1Cl. The molecule has 0 bridgehead atoms. The first kappa shape index (κ1) is 15.3. The van der Waals surface area contributed by atoms with E-state index < -0.39 is 5.82 Å². The molecule has 0 saturated heterocycles. The number of ether oxygens (including phenoxy) is 1. The number of rotatable bonds is 3. The van der Waals surface area contributed by atoms with Gasteiger partial charge in [-0.15, -0.1) is 0 Å². The van der Waals surface area contributed by atoms with Crippen LogP contribution in [0.4, 0.5) is 4.39 Å². The molecular formula is C13H7Br3ClFO. The normalized spacial score (nSPS) is 10.6. The third-order valence-electron chi connectivity index (χ3n) is 2.37. The van der Waals surface area contributed by atoms with Crippen molar-refractivity contribution in [3.8, 4) is 11.5 Å². The lowest BCUT2D eigenvalue weighted by Gasteiger charge is -2.12. The Balaban J connectivity index is 2.41. The Morgan fingerprint density at radius 2 is 1.84 bits per heavy atom. The van der Waals surface area contributed by atoms with Gasteiger partial charge in [0.1, 0.15) is 17.3 Å². The Morgan fingerprint density at radius 3 is 2.53 bits per heavy atom. The summed E-state index contributed by atoms with van der Waals surface area (Å²) in [6, 6.07) is 8.40.